The number of benzene rings is 1. The van der Waals surface area contributed by atoms with Crippen LogP contribution in [0.3, 0.4) is 0 Å². The van der Waals surface area contributed by atoms with Crippen molar-refractivity contribution in [3.63, 3.8) is 0 Å². The molecule has 0 spiro atoms. The fraction of sp³-hybridized carbons (Fsp3) is 0.125. The number of rotatable bonds is 3. The van der Waals surface area contributed by atoms with E-state index >= 15 is 0 Å². The summed E-state index contributed by atoms with van der Waals surface area (Å²) in [6.07, 6.45) is 16.2. The predicted octanol–water partition coefficient (Wildman–Crippen LogP) is -3.06. The molecule has 0 aliphatic heterocycles. The molecule has 1 aromatic carbocycles. The smallest absolute Gasteiger partial charge is 1.00 e. The Bertz CT molecular complexity index is 738. The van der Waals surface area contributed by atoms with Crippen LogP contribution in [-0.2, 0) is 26.5 Å². The minimum absolute atomic E-state index is 0. The first kappa shape index (κ1) is 17.4. The van der Waals surface area contributed by atoms with Crippen molar-refractivity contribution < 1.29 is 48.0 Å². The molecule has 0 N–H and O–H groups in total. The number of hydrogen-bond acceptors (Lipinski definition) is 2. The van der Waals surface area contributed by atoms with E-state index in [-0.39, 0.29) is 28.1 Å². The molecule has 0 radical (unpaired) electrons. The van der Waals surface area contributed by atoms with E-state index in [9.17, 15) is 0 Å². The zero-order valence-corrected chi connectivity index (χ0v) is 15.6. The van der Waals surface area contributed by atoms with E-state index in [1.165, 1.54) is 11.1 Å². The van der Waals surface area contributed by atoms with E-state index in [4.69, 9.17) is 0 Å². The van der Waals surface area contributed by atoms with Gasteiger partial charge in [-0.2, -0.15) is 0 Å². The summed E-state index contributed by atoms with van der Waals surface area (Å²) in [6.45, 7) is 0. The summed E-state index contributed by atoms with van der Waals surface area (Å²) in [7, 11) is 0. The zero-order valence-electron chi connectivity index (χ0n) is 11.7. The molecule has 110 valence electrons. The number of allylic oxidation sites excluding steroid dienone is 5. The predicted molar refractivity (Wildman–Crippen MR) is 74.4 cm³/mol. The maximum atomic E-state index is 4.03. The SMILES string of the molecule is C1=CC[C]([Zr+2][C]2(n3cnnc3)C=Cc3ccccc32)=C1.[Cl-].[Cl-]. The Hall–Kier alpha value is -0.957. The van der Waals surface area contributed by atoms with E-state index < -0.39 is 23.2 Å². The van der Waals surface area contributed by atoms with Gasteiger partial charge in [0, 0.05) is 0 Å². The van der Waals surface area contributed by atoms with E-state index in [1.807, 2.05) is 12.7 Å². The molecular formula is C16H13Cl2N3Zr. The van der Waals surface area contributed by atoms with Crippen LogP contribution >= 0.6 is 0 Å². The zero-order chi connectivity index (χ0) is 13.4. The van der Waals surface area contributed by atoms with Gasteiger partial charge in [0.25, 0.3) is 0 Å². The molecule has 0 saturated carbocycles. The maximum Gasteiger partial charge on any atom is -1.00 e. The largest absolute Gasteiger partial charge is 1.00 e. The van der Waals surface area contributed by atoms with Crippen molar-refractivity contribution in [2.24, 2.45) is 0 Å². The molecule has 0 bridgehead atoms. The van der Waals surface area contributed by atoms with Crippen molar-refractivity contribution >= 4 is 6.08 Å². The van der Waals surface area contributed by atoms with Crippen LogP contribution in [-0.4, -0.2) is 14.8 Å². The molecule has 1 aromatic heterocycles. The average Bonchev–Trinajstić information content (AvgIpc) is 3.20. The van der Waals surface area contributed by atoms with Crippen LogP contribution in [0.25, 0.3) is 6.08 Å². The van der Waals surface area contributed by atoms with E-state index in [0.717, 1.165) is 6.42 Å². The van der Waals surface area contributed by atoms with Gasteiger partial charge in [0.05, 0.1) is 0 Å². The molecule has 6 heteroatoms. The monoisotopic (exact) mass is 407 g/mol. The number of hydrogen-bond donors (Lipinski definition) is 0. The van der Waals surface area contributed by atoms with Crippen LogP contribution in [0.15, 0.2) is 64.5 Å². The standard InChI is InChI=1S/C11H8N3.C5H5.2ClH.Zr/c1-2-4-10-9(3-1)5-6-11(10)14-7-12-13-8-14;1-2-4-5-3-1;;;/h1-8H;1-3H,4H2;2*1H;/q;;;;+2/p-2. The van der Waals surface area contributed by atoms with Gasteiger partial charge in [-0.25, -0.2) is 0 Å². The van der Waals surface area contributed by atoms with Gasteiger partial charge in [0.2, 0.25) is 0 Å². The first-order valence-electron chi connectivity index (χ1n) is 6.66. The second-order valence-corrected chi connectivity index (χ2v) is 9.07. The second kappa shape index (κ2) is 7.08. The second-order valence-electron chi connectivity index (χ2n) is 5.01. The molecule has 0 fully saturated rings. The van der Waals surface area contributed by atoms with Gasteiger partial charge in [-0.3, -0.25) is 0 Å². The summed E-state index contributed by atoms with van der Waals surface area (Å²) in [5.41, 5.74) is 2.73. The van der Waals surface area contributed by atoms with E-state index in [2.05, 4.69) is 69.4 Å². The van der Waals surface area contributed by atoms with Crippen LogP contribution < -0.4 is 24.8 Å². The van der Waals surface area contributed by atoms with Crippen LogP contribution in [0.2, 0.25) is 0 Å². The van der Waals surface area contributed by atoms with Crippen LogP contribution in [0, 0.1) is 0 Å². The third-order valence-corrected chi connectivity index (χ3v) is 8.17. The molecule has 0 saturated heterocycles. The third kappa shape index (κ3) is 2.80. The number of nitrogens with zero attached hydrogens (tertiary/aromatic N) is 3. The van der Waals surface area contributed by atoms with Crippen molar-refractivity contribution in [2.75, 3.05) is 0 Å². The fourth-order valence-corrected chi connectivity index (χ4v) is 6.94. The minimum Gasteiger partial charge on any atom is -1.00 e. The fourth-order valence-electron chi connectivity index (χ4n) is 2.86. The summed E-state index contributed by atoms with van der Waals surface area (Å²) < 4.78 is 3.80. The van der Waals surface area contributed by atoms with Crippen LogP contribution in [0.4, 0.5) is 0 Å². The van der Waals surface area contributed by atoms with Gasteiger partial charge in [0.1, 0.15) is 0 Å². The Balaban J connectivity index is 0.000000882. The molecule has 1 unspecified atom stereocenters. The van der Waals surface area contributed by atoms with E-state index in [1.54, 1.807) is 3.28 Å². The van der Waals surface area contributed by atoms with Gasteiger partial charge in [-0.15, -0.1) is 0 Å². The van der Waals surface area contributed by atoms with Crippen molar-refractivity contribution in [2.45, 2.75) is 9.67 Å². The molecule has 2 aliphatic carbocycles. The summed E-state index contributed by atoms with van der Waals surface area (Å²) in [5, 5.41) is 8.06. The van der Waals surface area contributed by atoms with E-state index in [0.29, 0.717) is 0 Å². The molecule has 1 atom stereocenters. The van der Waals surface area contributed by atoms with Gasteiger partial charge in [0.15, 0.2) is 0 Å². The van der Waals surface area contributed by atoms with Crippen LogP contribution in [0.5, 0.6) is 0 Å². The molecule has 22 heavy (non-hydrogen) atoms. The summed E-state index contributed by atoms with van der Waals surface area (Å²) in [5.74, 6) is 0. The minimum atomic E-state index is -0.859. The molecule has 3 nitrogen and oxygen atoms in total. The first-order valence-corrected chi connectivity index (χ1v) is 9.12. The summed E-state index contributed by atoms with van der Waals surface area (Å²) in [4.78, 5) is 0. The van der Waals surface area contributed by atoms with Crippen molar-refractivity contribution in [3.05, 3.63) is 75.6 Å². The molecule has 2 aromatic rings. The molecule has 4 rings (SSSR count). The van der Waals surface area contributed by atoms with Gasteiger partial charge in [-0.05, 0) is 0 Å². The Kier molecular flexibility index (Phi) is 5.60. The molecule has 0 amide bonds. The van der Waals surface area contributed by atoms with Crippen molar-refractivity contribution in [1.82, 2.24) is 14.8 Å². The molecule has 1 heterocycles. The molecular weight excluding hydrogens is 396 g/mol. The van der Waals surface area contributed by atoms with Gasteiger partial charge in [-0.1, -0.05) is 0 Å². The number of fused-ring (bicyclic) bond motifs is 1. The Morgan fingerprint density at radius 1 is 1.09 bits per heavy atom. The summed E-state index contributed by atoms with van der Waals surface area (Å²) in [6, 6.07) is 8.68. The van der Waals surface area contributed by atoms with Crippen molar-refractivity contribution in [3.8, 4) is 0 Å². The number of aromatic nitrogens is 3. The number of halogens is 2. The van der Waals surface area contributed by atoms with Gasteiger partial charge >= 0.3 is 129 Å². The van der Waals surface area contributed by atoms with Crippen LogP contribution in [0.1, 0.15) is 17.5 Å². The Morgan fingerprint density at radius 2 is 1.86 bits per heavy atom. The normalized spacial score (nSPS) is 20.6. The third-order valence-electron chi connectivity index (χ3n) is 3.82. The quantitative estimate of drug-likeness (QED) is 0.539. The van der Waals surface area contributed by atoms with Crippen molar-refractivity contribution in [1.29, 1.82) is 0 Å². The Morgan fingerprint density at radius 3 is 2.59 bits per heavy atom. The summed E-state index contributed by atoms with van der Waals surface area (Å²) >= 11 is -0.859. The Labute approximate surface area is 153 Å². The molecule has 2 aliphatic rings. The topological polar surface area (TPSA) is 30.7 Å². The van der Waals surface area contributed by atoms with Gasteiger partial charge < -0.3 is 24.8 Å². The average molecular weight is 409 g/mol. The first-order chi connectivity index (χ1) is 9.88. The maximum absolute atomic E-state index is 4.03.